The second-order valence-electron chi connectivity index (χ2n) is 3.56. The Labute approximate surface area is 82.4 Å². The second kappa shape index (κ2) is 4.95. The number of carbonyl (C=O) groups is 2. The predicted molar refractivity (Wildman–Crippen MR) is 48.9 cm³/mol. The fourth-order valence-corrected chi connectivity index (χ4v) is 1.51. The van der Waals surface area contributed by atoms with Crippen LogP contribution in [0.1, 0.15) is 33.1 Å². The molecule has 0 aromatic carbocycles. The van der Waals surface area contributed by atoms with E-state index in [9.17, 15) is 9.59 Å². The molecule has 0 spiro atoms. The molecule has 0 aliphatic heterocycles. The largest absolute Gasteiger partial charge is 0.481 e. The van der Waals surface area contributed by atoms with Crippen LogP contribution in [0, 0.1) is 5.41 Å². The summed E-state index contributed by atoms with van der Waals surface area (Å²) in [6.07, 6.45) is -1.11. The van der Waals surface area contributed by atoms with E-state index in [0.29, 0.717) is 0 Å². The Balaban J connectivity index is 4.78. The quantitative estimate of drug-likeness (QED) is 0.592. The first-order valence-corrected chi connectivity index (χ1v) is 4.47. The predicted octanol–water partition coefficient (Wildman–Crippen LogP) is 0.713. The SMILES string of the molecule is CCC(CC(=O)O)(CC(C)O)C(=O)O. The van der Waals surface area contributed by atoms with Gasteiger partial charge in [0, 0.05) is 0 Å². The Morgan fingerprint density at radius 2 is 1.86 bits per heavy atom. The third-order valence-corrected chi connectivity index (χ3v) is 2.31. The van der Waals surface area contributed by atoms with E-state index < -0.39 is 29.9 Å². The maximum Gasteiger partial charge on any atom is 0.310 e. The first-order valence-electron chi connectivity index (χ1n) is 4.47. The lowest BCUT2D eigenvalue weighted by atomic mass is 9.77. The molecule has 3 N–H and O–H groups in total. The van der Waals surface area contributed by atoms with Crippen molar-refractivity contribution in [1.29, 1.82) is 0 Å². The monoisotopic (exact) mass is 204 g/mol. The average Bonchev–Trinajstić information content (AvgIpc) is 2.00. The molecule has 0 bridgehead atoms. The van der Waals surface area contributed by atoms with Crippen LogP contribution in [-0.2, 0) is 9.59 Å². The number of hydrogen-bond acceptors (Lipinski definition) is 3. The summed E-state index contributed by atoms with van der Waals surface area (Å²) in [6.45, 7) is 3.06. The minimum Gasteiger partial charge on any atom is -0.481 e. The summed E-state index contributed by atoms with van der Waals surface area (Å²) in [4.78, 5) is 21.5. The number of aliphatic hydroxyl groups is 1. The van der Waals surface area contributed by atoms with E-state index in [1.165, 1.54) is 6.92 Å². The summed E-state index contributed by atoms with van der Waals surface area (Å²) >= 11 is 0. The highest BCUT2D eigenvalue weighted by Crippen LogP contribution is 2.32. The van der Waals surface area contributed by atoms with Crippen LogP contribution in [0.15, 0.2) is 0 Å². The van der Waals surface area contributed by atoms with Crippen LogP contribution >= 0.6 is 0 Å². The van der Waals surface area contributed by atoms with Crippen LogP contribution < -0.4 is 0 Å². The van der Waals surface area contributed by atoms with Gasteiger partial charge in [0.05, 0.1) is 17.9 Å². The molecule has 2 unspecified atom stereocenters. The number of hydrogen-bond donors (Lipinski definition) is 3. The highest BCUT2D eigenvalue weighted by Gasteiger charge is 2.39. The molecule has 0 amide bonds. The van der Waals surface area contributed by atoms with E-state index in [-0.39, 0.29) is 12.8 Å². The van der Waals surface area contributed by atoms with Gasteiger partial charge >= 0.3 is 11.9 Å². The van der Waals surface area contributed by atoms with E-state index in [0.717, 1.165) is 0 Å². The summed E-state index contributed by atoms with van der Waals surface area (Å²) in [5.74, 6) is -2.32. The average molecular weight is 204 g/mol. The molecule has 0 saturated carbocycles. The number of carboxylic acids is 2. The molecule has 0 radical (unpaired) electrons. The van der Waals surface area contributed by atoms with E-state index in [2.05, 4.69) is 0 Å². The zero-order valence-corrected chi connectivity index (χ0v) is 8.36. The number of aliphatic hydroxyl groups excluding tert-OH is 1. The molecule has 0 aliphatic rings. The van der Waals surface area contributed by atoms with Crippen molar-refractivity contribution in [2.24, 2.45) is 5.41 Å². The van der Waals surface area contributed by atoms with Crippen LogP contribution in [0.5, 0.6) is 0 Å². The number of rotatable bonds is 6. The van der Waals surface area contributed by atoms with Crippen LogP contribution in [0.25, 0.3) is 0 Å². The zero-order valence-electron chi connectivity index (χ0n) is 8.36. The van der Waals surface area contributed by atoms with Gasteiger partial charge in [-0.25, -0.2) is 0 Å². The van der Waals surface area contributed by atoms with Gasteiger partial charge in [0.1, 0.15) is 0 Å². The van der Waals surface area contributed by atoms with E-state index in [1.807, 2.05) is 0 Å². The molecule has 5 heteroatoms. The first-order chi connectivity index (χ1) is 6.34. The molecule has 0 heterocycles. The zero-order chi connectivity index (χ0) is 11.4. The lowest BCUT2D eigenvalue weighted by molar-refractivity contribution is -0.158. The molecular formula is C9H16O5. The molecule has 14 heavy (non-hydrogen) atoms. The third kappa shape index (κ3) is 3.33. The van der Waals surface area contributed by atoms with Gasteiger partial charge in [0.15, 0.2) is 0 Å². The summed E-state index contributed by atoms with van der Waals surface area (Å²) in [7, 11) is 0. The molecule has 0 fully saturated rings. The summed E-state index contributed by atoms with van der Waals surface area (Å²) in [5, 5.41) is 26.7. The van der Waals surface area contributed by atoms with Crippen LogP contribution in [0.2, 0.25) is 0 Å². The minimum absolute atomic E-state index is 0.0366. The summed E-state index contributed by atoms with van der Waals surface area (Å²) in [5.41, 5.74) is -1.35. The van der Waals surface area contributed by atoms with Crippen molar-refractivity contribution in [1.82, 2.24) is 0 Å². The number of carboxylic acid groups (broad SMARTS) is 2. The third-order valence-electron chi connectivity index (χ3n) is 2.31. The van der Waals surface area contributed by atoms with Crippen LogP contribution in [0.3, 0.4) is 0 Å². The molecule has 0 rings (SSSR count). The van der Waals surface area contributed by atoms with Crippen LogP contribution in [-0.4, -0.2) is 33.4 Å². The van der Waals surface area contributed by atoms with E-state index >= 15 is 0 Å². The molecule has 2 atom stereocenters. The molecule has 0 aliphatic carbocycles. The lowest BCUT2D eigenvalue weighted by Gasteiger charge is -2.27. The highest BCUT2D eigenvalue weighted by molar-refractivity contribution is 5.81. The molecule has 0 aromatic heterocycles. The van der Waals surface area contributed by atoms with Crippen molar-refractivity contribution < 1.29 is 24.9 Å². The molecule has 0 saturated heterocycles. The van der Waals surface area contributed by atoms with Gasteiger partial charge in [-0.1, -0.05) is 6.92 Å². The lowest BCUT2D eigenvalue weighted by Crippen LogP contribution is -2.36. The van der Waals surface area contributed by atoms with Crippen molar-refractivity contribution in [3.8, 4) is 0 Å². The maximum atomic E-state index is 10.9. The van der Waals surface area contributed by atoms with Crippen molar-refractivity contribution in [3.05, 3.63) is 0 Å². The van der Waals surface area contributed by atoms with Crippen molar-refractivity contribution in [2.45, 2.75) is 39.2 Å². The molecule has 82 valence electrons. The fraction of sp³-hybridized carbons (Fsp3) is 0.778. The standard InChI is InChI=1S/C9H16O5/c1-3-9(8(13)14,4-6(2)10)5-7(11)12/h6,10H,3-5H2,1-2H3,(H,11,12)(H,13,14). The molecular weight excluding hydrogens is 188 g/mol. The Hall–Kier alpha value is -1.10. The van der Waals surface area contributed by atoms with Gasteiger partial charge in [-0.05, 0) is 19.8 Å². The summed E-state index contributed by atoms with van der Waals surface area (Å²) < 4.78 is 0. The van der Waals surface area contributed by atoms with Crippen molar-refractivity contribution >= 4 is 11.9 Å². The van der Waals surface area contributed by atoms with Gasteiger partial charge in [0.25, 0.3) is 0 Å². The normalized spacial score (nSPS) is 17.1. The van der Waals surface area contributed by atoms with Gasteiger partial charge in [0.2, 0.25) is 0 Å². The van der Waals surface area contributed by atoms with Crippen LogP contribution in [0.4, 0.5) is 0 Å². The Morgan fingerprint density at radius 1 is 1.36 bits per heavy atom. The molecule has 0 aromatic rings. The topological polar surface area (TPSA) is 94.8 Å². The first kappa shape index (κ1) is 12.9. The van der Waals surface area contributed by atoms with Gasteiger partial charge in [-0.3, -0.25) is 9.59 Å². The van der Waals surface area contributed by atoms with Gasteiger partial charge in [-0.2, -0.15) is 0 Å². The Bertz CT molecular complexity index is 223. The summed E-state index contributed by atoms with van der Waals surface area (Å²) in [6, 6.07) is 0. The maximum absolute atomic E-state index is 10.9. The highest BCUT2D eigenvalue weighted by atomic mass is 16.4. The Morgan fingerprint density at radius 3 is 2.07 bits per heavy atom. The van der Waals surface area contributed by atoms with E-state index in [1.54, 1.807) is 6.92 Å². The van der Waals surface area contributed by atoms with Crippen molar-refractivity contribution in [2.75, 3.05) is 0 Å². The smallest absolute Gasteiger partial charge is 0.310 e. The second-order valence-corrected chi connectivity index (χ2v) is 3.56. The van der Waals surface area contributed by atoms with E-state index in [4.69, 9.17) is 15.3 Å². The van der Waals surface area contributed by atoms with Gasteiger partial charge in [-0.15, -0.1) is 0 Å². The van der Waals surface area contributed by atoms with Gasteiger partial charge < -0.3 is 15.3 Å². The Kier molecular flexibility index (Phi) is 4.56. The number of aliphatic carboxylic acids is 2. The van der Waals surface area contributed by atoms with Crippen molar-refractivity contribution in [3.63, 3.8) is 0 Å². The minimum atomic E-state index is -1.35. The molecule has 5 nitrogen and oxygen atoms in total. The fourth-order valence-electron chi connectivity index (χ4n) is 1.51.